The third kappa shape index (κ3) is 4.93. The van der Waals surface area contributed by atoms with Crippen LogP contribution in [-0.4, -0.2) is 41.2 Å². The van der Waals surface area contributed by atoms with E-state index in [1.54, 1.807) is 0 Å². The number of hydrogen-bond acceptors (Lipinski definition) is 4. The average molecular weight is 319 g/mol. The number of pyridine rings is 1. The minimum atomic E-state index is -0.448. The number of aryl methyl sites for hydroxylation is 1. The molecule has 1 aliphatic heterocycles. The van der Waals surface area contributed by atoms with Crippen molar-refractivity contribution in [3.63, 3.8) is 0 Å². The average Bonchev–Trinajstić information content (AvgIpc) is 2.92. The minimum absolute atomic E-state index is 0.211. The van der Waals surface area contributed by atoms with Crippen molar-refractivity contribution in [1.29, 1.82) is 0 Å². The highest BCUT2D eigenvalue weighted by Crippen LogP contribution is 2.31. The van der Waals surface area contributed by atoms with Crippen LogP contribution < -0.4 is 5.32 Å². The molecule has 0 radical (unpaired) electrons. The summed E-state index contributed by atoms with van der Waals surface area (Å²) >= 11 is 0. The maximum Gasteiger partial charge on any atom is 0.410 e. The molecule has 1 saturated heterocycles. The van der Waals surface area contributed by atoms with Gasteiger partial charge in [-0.1, -0.05) is 13.0 Å². The van der Waals surface area contributed by atoms with Crippen LogP contribution in [-0.2, 0) is 4.74 Å². The lowest BCUT2D eigenvalue weighted by Crippen LogP contribution is -2.36. The fourth-order valence-electron chi connectivity index (χ4n) is 3.08. The summed E-state index contributed by atoms with van der Waals surface area (Å²) < 4.78 is 5.49. The first-order chi connectivity index (χ1) is 10.8. The van der Waals surface area contributed by atoms with Crippen molar-refractivity contribution < 1.29 is 9.53 Å². The van der Waals surface area contributed by atoms with Crippen LogP contribution in [0.15, 0.2) is 18.5 Å². The Kier molecular flexibility index (Phi) is 5.63. The number of rotatable bonds is 4. The maximum atomic E-state index is 12.2. The number of amides is 1. The monoisotopic (exact) mass is 319 g/mol. The van der Waals surface area contributed by atoms with E-state index in [9.17, 15) is 4.79 Å². The van der Waals surface area contributed by atoms with Crippen LogP contribution in [0.3, 0.4) is 0 Å². The van der Waals surface area contributed by atoms with Crippen molar-refractivity contribution in [3.8, 4) is 0 Å². The second-order valence-electron chi connectivity index (χ2n) is 7.31. The lowest BCUT2D eigenvalue weighted by atomic mass is 9.92. The number of nitrogens with zero attached hydrogens (tertiary/aromatic N) is 2. The molecule has 1 aromatic heterocycles. The fraction of sp³-hybridized carbons (Fsp3) is 0.667. The van der Waals surface area contributed by atoms with Gasteiger partial charge in [-0.2, -0.15) is 0 Å². The first kappa shape index (κ1) is 17.7. The van der Waals surface area contributed by atoms with E-state index in [2.05, 4.69) is 30.2 Å². The molecule has 0 saturated carbocycles. The molecular weight excluding hydrogens is 290 g/mol. The molecule has 1 aromatic rings. The first-order valence-corrected chi connectivity index (χ1v) is 8.43. The Hall–Kier alpha value is -1.62. The van der Waals surface area contributed by atoms with Gasteiger partial charge in [-0.05, 0) is 57.7 Å². The highest BCUT2D eigenvalue weighted by Gasteiger charge is 2.34. The van der Waals surface area contributed by atoms with Gasteiger partial charge in [-0.3, -0.25) is 4.98 Å². The maximum absolute atomic E-state index is 12.2. The van der Waals surface area contributed by atoms with Crippen molar-refractivity contribution in [2.24, 2.45) is 5.92 Å². The lowest BCUT2D eigenvalue weighted by molar-refractivity contribution is 0.0285. The topological polar surface area (TPSA) is 54.5 Å². The Balaban J connectivity index is 2.06. The molecule has 0 aliphatic carbocycles. The molecule has 2 heterocycles. The molecule has 128 valence electrons. The highest BCUT2D eigenvalue weighted by atomic mass is 16.6. The van der Waals surface area contributed by atoms with Crippen molar-refractivity contribution in [3.05, 3.63) is 29.6 Å². The van der Waals surface area contributed by atoms with Gasteiger partial charge in [0.1, 0.15) is 5.60 Å². The molecule has 0 aromatic carbocycles. The Morgan fingerprint density at radius 3 is 2.83 bits per heavy atom. The predicted octanol–water partition coefficient (Wildman–Crippen LogP) is 3.30. The number of carbonyl (C=O) groups is 1. The van der Waals surface area contributed by atoms with E-state index in [4.69, 9.17) is 4.74 Å². The molecule has 0 bridgehead atoms. The zero-order chi connectivity index (χ0) is 17.0. The smallest absolute Gasteiger partial charge is 0.410 e. The van der Waals surface area contributed by atoms with Gasteiger partial charge < -0.3 is 15.0 Å². The predicted molar refractivity (Wildman–Crippen MR) is 91.3 cm³/mol. The van der Waals surface area contributed by atoms with E-state index in [0.717, 1.165) is 31.6 Å². The molecule has 1 aliphatic rings. The van der Waals surface area contributed by atoms with Crippen LogP contribution in [0.5, 0.6) is 0 Å². The van der Waals surface area contributed by atoms with E-state index in [1.807, 2.05) is 38.1 Å². The molecule has 0 spiro atoms. The summed E-state index contributed by atoms with van der Waals surface area (Å²) in [5.41, 5.74) is 1.91. The molecule has 5 heteroatoms. The zero-order valence-corrected chi connectivity index (χ0v) is 14.9. The molecule has 1 N–H and O–H groups in total. The van der Waals surface area contributed by atoms with Crippen LogP contribution in [0.25, 0.3) is 0 Å². The summed E-state index contributed by atoms with van der Waals surface area (Å²) in [5.74, 6) is 0.381. The summed E-state index contributed by atoms with van der Waals surface area (Å²) in [6, 6.07) is 2.40. The normalized spacial score (nSPS) is 19.7. The standard InChI is InChI=1S/C18H29N3O2/c1-6-20-16(15-9-13(2)10-19-11-15)14-7-8-21(12-14)17(22)23-18(3,4)5/h9-11,14,16,20H,6-8,12H2,1-5H3. The third-order valence-electron chi connectivity index (χ3n) is 4.03. The van der Waals surface area contributed by atoms with E-state index in [-0.39, 0.29) is 12.1 Å². The second-order valence-corrected chi connectivity index (χ2v) is 7.31. The molecule has 2 atom stereocenters. The number of likely N-dealkylation sites (tertiary alicyclic amines) is 1. The summed E-state index contributed by atoms with van der Waals surface area (Å²) in [5, 5.41) is 3.56. The number of carbonyl (C=O) groups excluding carboxylic acids is 1. The van der Waals surface area contributed by atoms with E-state index in [0.29, 0.717) is 5.92 Å². The van der Waals surface area contributed by atoms with Crippen LogP contribution in [0.1, 0.15) is 51.3 Å². The van der Waals surface area contributed by atoms with Gasteiger partial charge in [-0.15, -0.1) is 0 Å². The number of ether oxygens (including phenoxy) is 1. The van der Waals surface area contributed by atoms with E-state index >= 15 is 0 Å². The van der Waals surface area contributed by atoms with Gasteiger partial charge in [0, 0.05) is 31.5 Å². The number of hydrogen-bond donors (Lipinski definition) is 1. The zero-order valence-electron chi connectivity index (χ0n) is 14.9. The molecule has 2 unspecified atom stereocenters. The number of nitrogens with one attached hydrogen (secondary N) is 1. The molecule has 1 amide bonds. The van der Waals surface area contributed by atoms with Gasteiger partial charge >= 0.3 is 6.09 Å². The van der Waals surface area contributed by atoms with Gasteiger partial charge in [0.25, 0.3) is 0 Å². The molecule has 5 nitrogen and oxygen atoms in total. The van der Waals surface area contributed by atoms with Crippen LogP contribution in [0.4, 0.5) is 4.79 Å². The van der Waals surface area contributed by atoms with Gasteiger partial charge in [0.2, 0.25) is 0 Å². The fourth-order valence-corrected chi connectivity index (χ4v) is 3.08. The summed E-state index contributed by atoms with van der Waals surface area (Å²) in [7, 11) is 0. The van der Waals surface area contributed by atoms with Gasteiger partial charge in [-0.25, -0.2) is 4.79 Å². The largest absolute Gasteiger partial charge is 0.444 e. The second kappa shape index (κ2) is 7.30. The SMILES string of the molecule is CCNC(c1cncc(C)c1)C1CCN(C(=O)OC(C)(C)C)C1. The summed E-state index contributed by atoms with van der Waals surface area (Å²) in [6.07, 6.45) is 4.56. The molecule has 2 rings (SSSR count). The van der Waals surface area contributed by atoms with Crippen molar-refractivity contribution in [1.82, 2.24) is 15.2 Å². The first-order valence-electron chi connectivity index (χ1n) is 8.43. The van der Waals surface area contributed by atoms with Crippen LogP contribution >= 0.6 is 0 Å². The van der Waals surface area contributed by atoms with Gasteiger partial charge in [0.05, 0.1) is 0 Å². The van der Waals surface area contributed by atoms with Crippen molar-refractivity contribution in [2.45, 2.75) is 52.7 Å². The minimum Gasteiger partial charge on any atom is -0.444 e. The van der Waals surface area contributed by atoms with Crippen molar-refractivity contribution >= 4 is 6.09 Å². The Labute approximate surface area is 139 Å². The third-order valence-corrected chi connectivity index (χ3v) is 4.03. The van der Waals surface area contributed by atoms with Crippen LogP contribution in [0, 0.1) is 12.8 Å². The quantitative estimate of drug-likeness (QED) is 0.925. The van der Waals surface area contributed by atoms with E-state index < -0.39 is 5.60 Å². The summed E-state index contributed by atoms with van der Waals surface area (Å²) in [6.45, 7) is 12.2. The Morgan fingerprint density at radius 1 is 1.48 bits per heavy atom. The Morgan fingerprint density at radius 2 is 2.22 bits per heavy atom. The van der Waals surface area contributed by atoms with Gasteiger partial charge in [0.15, 0.2) is 0 Å². The highest BCUT2D eigenvalue weighted by molar-refractivity contribution is 5.68. The summed E-state index contributed by atoms with van der Waals surface area (Å²) in [4.78, 5) is 18.4. The Bertz CT molecular complexity index is 539. The molecule has 23 heavy (non-hydrogen) atoms. The molecular formula is C18H29N3O2. The van der Waals surface area contributed by atoms with Crippen molar-refractivity contribution in [2.75, 3.05) is 19.6 Å². The lowest BCUT2D eigenvalue weighted by Gasteiger charge is -2.27. The van der Waals surface area contributed by atoms with E-state index in [1.165, 1.54) is 5.56 Å². The number of aromatic nitrogens is 1. The van der Waals surface area contributed by atoms with Crippen LogP contribution in [0.2, 0.25) is 0 Å². The molecule has 1 fully saturated rings.